The molecular weight excluding hydrogens is 308 g/mol. The minimum Gasteiger partial charge on any atom is -0.361 e. The van der Waals surface area contributed by atoms with Gasteiger partial charge in [-0.3, -0.25) is 9.58 Å². The van der Waals surface area contributed by atoms with Gasteiger partial charge in [0.05, 0.1) is 28.2 Å². The normalized spacial score (nSPS) is 11.5. The van der Waals surface area contributed by atoms with Crippen LogP contribution in [0, 0.1) is 27.7 Å². The summed E-state index contributed by atoms with van der Waals surface area (Å²) in [4.78, 5) is 2.19. The molecule has 0 aromatic carbocycles. The van der Waals surface area contributed by atoms with E-state index in [4.69, 9.17) is 4.52 Å². The summed E-state index contributed by atoms with van der Waals surface area (Å²) < 4.78 is 8.27. The van der Waals surface area contributed by atoms with Crippen LogP contribution in [0.15, 0.2) is 9.00 Å². The highest BCUT2D eigenvalue weighted by Gasteiger charge is 2.14. The SMILES string of the molecule is Cc1nn(CN(C)Cc2c(C)noc2C)c(C)c1Br. The third-order valence-corrected chi connectivity index (χ3v) is 4.43. The molecule has 19 heavy (non-hydrogen) atoms. The second-order valence-electron chi connectivity index (χ2n) is 4.94. The van der Waals surface area contributed by atoms with Crippen molar-refractivity contribution in [1.29, 1.82) is 0 Å². The summed E-state index contributed by atoms with van der Waals surface area (Å²) in [6.07, 6.45) is 0. The minimum absolute atomic E-state index is 0.738. The first-order chi connectivity index (χ1) is 8.90. The van der Waals surface area contributed by atoms with Crippen molar-refractivity contribution in [2.24, 2.45) is 0 Å². The summed E-state index contributed by atoms with van der Waals surface area (Å²) in [6.45, 7) is 9.53. The number of rotatable bonds is 4. The Morgan fingerprint density at radius 3 is 2.37 bits per heavy atom. The fourth-order valence-corrected chi connectivity index (χ4v) is 2.37. The lowest BCUT2D eigenvalue weighted by Gasteiger charge is -2.17. The highest BCUT2D eigenvalue weighted by molar-refractivity contribution is 9.10. The van der Waals surface area contributed by atoms with Crippen molar-refractivity contribution in [1.82, 2.24) is 19.8 Å². The zero-order valence-corrected chi connectivity index (χ0v) is 13.6. The standard InChI is InChI=1S/C13H19BrN4O/c1-8-12(11(4)19-16-8)6-17(5)7-18-10(3)13(14)9(2)15-18/h6-7H2,1-5H3. The van der Waals surface area contributed by atoms with E-state index < -0.39 is 0 Å². The third kappa shape index (κ3) is 2.90. The van der Waals surface area contributed by atoms with Crippen molar-refractivity contribution < 1.29 is 4.52 Å². The number of hydrogen-bond donors (Lipinski definition) is 0. The Labute approximate surface area is 121 Å². The topological polar surface area (TPSA) is 47.1 Å². The molecule has 2 heterocycles. The van der Waals surface area contributed by atoms with Gasteiger partial charge in [-0.1, -0.05) is 5.16 Å². The predicted octanol–water partition coefficient (Wildman–Crippen LogP) is 2.96. The summed E-state index contributed by atoms with van der Waals surface area (Å²) >= 11 is 3.55. The molecule has 0 spiro atoms. The molecular formula is C13H19BrN4O. The molecule has 0 aliphatic rings. The van der Waals surface area contributed by atoms with E-state index in [2.05, 4.69) is 45.1 Å². The smallest absolute Gasteiger partial charge is 0.138 e. The van der Waals surface area contributed by atoms with E-state index in [0.717, 1.165) is 46.1 Å². The van der Waals surface area contributed by atoms with E-state index in [-0.39, 0.29) is 0 Å². The van der Waals surface area contributed by atoms with Crippen LogP contribution in [0.1, 0.15) is 28.4 Å². The van der Waals surface area contributed by atoms with E-state index >= 15 is 0 Å². The quantitative estimate of drug-likeness (QED) is 0.866. The van der Waals surface area contributed by atoms with Gasteiger partial charge in [0, 0.05) is 12.1 Å². The number of aryl methyl sites for hydroxylation is 3. The van der Waals surface area contributed by atoms with Gasteiger partial charge in [-0.05, 0) is 50.7 Å². The van der Waals surface area contributed by atoms with Gasteiger partial charge >= 0.3 is 0 Å². The van der Waals surface area contributed by atoms with Gasteiger partial charge in [-0.25, -0.2) is 0 Å². The molecule has 0 radical (unpaired) electrons. The van der Waals surface area contributed by atoms with E-state index in [1.807, 2.05) is 25.5 Å². The average molecular weight is 327 g/mol. The van der Waals surface area contributed by atoms with Gasteiger partial charge in [-0.15, -0.1) is 0 Å². The lowest BCUT2D eigenvalue weighted by molar-refractivity contribution is 0.241. The Morgan fingerprint density at radius 1 is 1.21 bits per heavy atom. The largest absolute Gasteiger partial charge is 0.361 e. The van der Waals surface area contributed by atoms with Crippen LogP contribution >= 0.6 is 15.9 Å². The lowest BCUT2D eigenvalue weighted by Crippen LogP contribution is -2.23. The van der Waals surface area contributed by atoms with E-state index in [9.17, 15) is 0 Å². The fourth-order valence-electron chi connectivity index (χ4n) is 2.09. The van der Waals surface area contributed by atoms with E-state index in [0.29, 0.717) is 0 Å². The molecule has 0 unspecified atom stereocenters. The zero-order chi connectivity index (χ0) is 14.2. The van der Waals surface area contributed by atoms with Gasteiger partial charge in [0.1, 0.15) is 5.76 Å². The Balaban J connectivity index is 2.09. The zero-order valence-electron chi connectivity index (χ0n) is 12.0. The molecule has 0 aliphatic carbocycles. The maximum absolute atomic E-state index is 5.19. The molecule has 0 saturated carbocycles. The molecule has 6 heteroatoms. The van der Waals surface area contributed by atoms with Crippen LogP contribution in [-0.2, 0) is 13.2 Å². The van der Waals surface area contributed by atoms with Crippen molar-refractivity contribution in [2.45, 2.75) is 40.9 Å². The predicted molar refractivity (Wildman–Crippen MR) is 76.8 cm³/mol. The molecule has 0 bridgehead atoms. The Kier molecular flexibility index (Phi) is 4.10. The van der Waals surface area contributed by atoms with Crippen molar-refractivity contribution in [3.8, 4) is 0 Å². The van der Waals surface area contributed by atoms with Crippen LogP contribution in [-0.4, -0.2) is 26.9 Å². The molecule has 2 aromatic heterocycles. The average Bonchev–Trinajstić information content (AvgIpc) is 2.78. The van der Waals surface area contributed by atoms with Crippen LogP contribution in [0.4, 0.5) is 0 Å². The first kappa shape index (κ1) is 14.3. The molecule has 0 fully saturated rings. The van der Waals surface area contributed by atoms with E-state index in [1.165, 1.54) is 0 Å². The van der Waals surface area contributed by atoms with Crippen LogP contribution < -0.4 is 0 Å². The molecule has 0 aliphatic heterocycles. The van der Waals surface area contributed by atoms with Crippen molar-refractivity contribution in [2.75, 3.05) is 7.05 Å². The lowest BCUT2D eigenvalue weighted by atomic mass is 10.2. The Bertz CT molecular complexity index is 568. The molecule has 0 amide bonds. The molecule has 104 valence electrons. The van der Waals surface area contributed by atoms with Crippen molar-refractivity contribution in [3.05, 3.63) is 32.9 Å². The van der Waals surface area contributed by atoms with Crippen LogP contribution in [0.5, 0.6) is 0 Å². The van der Waals surface area contributed by atoms with Gasteiger partial charge in [-0.2, -0.15) is 5.10 Å². The molecule has 0 N–H and O–H groups in total. The van der Waals surface area contributed by atoms with Gasteiger partial charge in [0.15, 0.2) is 0 Å². The Morgan fingerprint density at radius 2 is 1.89 bits per heavy atom. The molecule has 2 rings (SSSR count). The third-order valence-electron chi connectivity index (χ3n) is 3.28. The minimum atomic E-state index is 0.738. The first-order valence-corrected chi connectivity index (χ1v) is 6.99. The van der Waals surface area contributed by atoms with Crippen LogP contribution in [0.25, 0.3) is 0 Å². The monoisotopic (exact) mass is 326 g/mol. The summed E-state index contributed by atoms with van der Waals surface area (Å²) in [5, 5.41) is 8.49. The Hall–Kier alpha value is -1.14. The number of nitrogens with zero attached hydrogens (tertiary/aromatic N) is 4. The fraction of sp³-hybridized carbons (Fsp3) is 0.538. The second kappa shape index (κ2) is 5.46. The highest BCUT2D eigenvalue weighted by atomic mass is 79.9. The highest BCUT2D eigenvalue weighted by Crippen LogP contribution is 2.20. The molecule has 0 saturated heterocycles. The number of hydrogen-bond acceptors (Lipinski definition) is 4. The summed E-state index contributed by atoms with van der Waals surface area (Å²) in [5.74, 6) is 0.888. The summed E-state index contributed by atoms with van der Waals surface area (Å²) in [6, 6.07) is 0. The van der Waals surface area contributed by atoms with Crippen molar-refractivity contribution in [3.63, 3.8) is 0 Å². The van der Waals surface area contributed by atoms with Gasteiger partial charge in [0.2, 0.25) is 0 Å². The van der Waals surface area contributed by atoms with E-state index in [1.54, 1.807) is 0 Å². The van der Waals surface area contributed by atoms with Gasteiger partial charge < -0.3 is 4.52 Å². The number of aromatic nitrogens is 3. The summed E-state index contributed by atoms with van der Waals surface area (Å²) in [5.41, 5.74) is 4.27. The number of halogens is 1. The maximum atomic E-state index is 5.19. The molecule has 2 aromatic rings. The summed E-state index contributed by atoms with van der Waals surface area (Å²) in [7, 11) is 2.07. The second-order valence-corrected chi connectivity index (χ2v) is 5.74. The maximum Gasteiger partial charge on any atom is 0.138 e. The van der Waals surface area contributed by atoms with Crippen LogP contribution in [0.2, 0.25) is 0 Å². The van der Waals surface area contributed by atoms with Crippen molar-refractivity contribution >= 4 is 15.9 Å². The molecule has 0 atom stereocenters. The van der Waals surface area contributed by atoms with Gasteiger partial charge in [0.25, 0.3) is 0 Å². The first-order valence-electron chi connectivity index (χ1n) is 6.20. The van der Waals surface area contributed by atoms with Crippen LogP contribution in [0.3, 0.4) is 0 Å². The molecule has 5 nitrogen and oxygen atoms in total.